The van der Waals surface area contributed by atoms with Gasteiger partial charge in [0.05, 0.1) is 0 Å². The van der Waals surface area contributed by atoms with Gasteiger partial charge in [0.2, 0.25) is 8.32 Å². The molecule has 0 spiro atoms. The minimum Gasteiger partial charge on any atom is -0.520 e. The second kappa shape index (κ2) is 13.7. The molecule has 0 rings (SSSR count). The molecule has 0 bridgehead atoms. The van der Waals surface area contributed by atoms with Crippen molar-refractivity contribution in [1.29, 1.82) is 0 Å². The number of alkyl halides is 3. The van der Waals surface area contributed by atoms with Gasteiger partial charge in [-0.2, -0.15) is 13.2 Å². The normalized spacial score (nSPS) is 12.4. The molecule has 0 aromatic rings. The molecule has 6 heteroatoms. The van der Waals surface area contributed by atoms with E-state index in [9.17, 15) is 18.0 Å². The summed E-state index contributed by atoms with van der Waals surface area (Å²) in [4.78, 5) is 11.8. The van der Waals surface area contributed by atoms with Crippen molar-refractivity contribution in [3.05, 3.63) is 0 Å². The Morgan fingerprint density at radius 3 is 1.72 bits per heavy atom. The van der Waals surface area contributed by atoms with Crippen LogP contribution in [0.1, 0.15) is 90.4 Å². The lowest BCUT2D eigenvalue weighted by Crippen LogP contribution is -2.34. The largest absolute Gasteiger partial charge is 0.520 e. The first-order valence-electron chi connectivity index (χ1n) is 9.95. The smallest absolute Gasteiger partial charge is 0.388 e. The van der Waals surface area contributed by atoms with Gasteiger partial charge in [0.25, 0.3) is 5.97 Å². The van der Waals surface area contributed by atoms with Crippen molar-refractivity contribution in [3.8, 4) is 0 Å². The zero-order chi connectivity index (χ0) is 19.2. The van der Waals surface area contributed by atoms with Gasteiger partial charge in [0.1, 0.15) is 0 Å². The summed E-state index contributed by atoms with van der Waals surface area (Å²) in [5, 5.41) is 0. The summed E-state index contributed by atoms with van der Waals surface area (Å²) in [7, 11) is -2.55. The SMILES string of the molecule is CCCCCCCCCCCCCC(=O)O[Si](C)(C)CCC(F)(F)F. The van der Waals surface area contributed by atoms with E-state index in [1.807, 2.05) is 0 Å². The molecule has 0 atom stereocenters. The molecule has 0 heterocycles. The minimum atomic E-state index is -4.17. The fraction of sp³-hybridized carbons (Fsp3) is 0.947. The van der Waals surface area contributed by atoms with Gasteiger partial charge >= 0.3 is 6.18 Å². The van der Waals surface area contributed by atoms with Crippen LogP contribution in [0.5, 0.6) is 0 Å². The topological polar surface area (TPSA) is 26.3 Å². The summed E-state index contributed by atoms with van der Waals surface area (Å²) >= 11 is 0. The third-order valence-corrected chi connectivity index (χ3v) is 6.62. The predicted octanol–water partition coefficient (Wildman–Crippen LogP) is 7.39. The molecular formula is C19H37F3O2Si. The van der Waals surface area contributed by atoms with E-state index in [0.29, 0.717) is 6.42 Å². The standard InChI is InChI=1S/C19H37F3O2Si/c1-4-5-6-7-8-9-10-11-12-13-14-15-18(23)24-25(2,3)17-16-19(20,21)22/h4-17H2,1-3H3. The second-order valence-corrected chi connectivity index (χ2v) is 11.9. The maximum absolute atomic E-state index is 12.3. The molecule has 0 aromatic carbocycles. The highest BCUT2D eigenvalue weighted by atomic mass is 28.4. The number of carbonyl (C=O) groups is 1. The summed E-state index contributed by atoms with van der Waals surface area (Å²) in [6.07, 6.45) is 8.58. The third-order valence-electron chi connectivity index (χ3n) is 4.39. The molecule has 150 valence electrons. The molecule has 0 amide bonds. The highest BCUT2D eigenvalue weighted by molar-refractivity contribution is 6.72. The average molecular weight is 383 g/mol. The Morgan fingerprint density at radius 2 is 1.28 bits per heavy atom. The lowest BCUT2D eigenvalue weighted by atomic mass is 10.1. The Labute approximate surface area is 153 Å². The van der Waals surface area contributed by atoms with E-state index in [1.165, 1.54) is 51.4 Å². The number of hydrogen-bond donors (Lipinski definition) is 0. The van der Waals surface area contributed by atoms with Crippen molar-refractivity contribution in [2.75, 3.05) is 0 Å². The fourth-order valence-electron chi connectivity index (χ4n) is 2.79. The van der Waals surface area contributed by atoms with Crippen LogP contribution >= 0.6 is 0 Å². The number of rotatable bonds is 15. The maximum Gasteiger partial charge on any atom is 0.388 e. The highest BCUT2D eigenvalue weighted by Gasteiger charge is 2.34. The summed E-state index contributed by atoms with van der Waals surface area (Å²) in [6, 6.07) is -0.0551. The Kier molecular flexibility index (Phi) is 13.4. The molecular weight excluding hydrogens is 345 g/mol. The molecule has 25 heavy (non-hydrogen) atoms. The van der Waals surface area contributed by atoms with Crippen LogP contribution in [-0.4, -0.2) is 20.5 Å². The van der Waals surface area contributed by atoms with Crippen molar-refractivity contribution < 1.29 is 22.4 Å². The van der Waals surface area contributed by atoms with E-state index in [0.717, 1.165) is 19.3 Å². The fourth-order valence-corrected chi connectivity index (χ4v) is 4.49. The first-order valence-corrected chi connectivity index (χ1v) is 13.1. The first kappa shape index (κ1) is 24.5. The van der Waals surface area contributed by atoms with Crippen molar-refractivity contribution in [2.24, 2.45) is 0 Å². The van der Waals surface area contributed by atoms with Crippen LogP contribution in [0.4, 0.5) is 13.2 Å². The van der Waals surface area contributed by atoms with Crippen LogP contribution in [0.2, 0.25) is 19.1 Å². The lowest BCUT2D eigenvalue weighted by Gasteiger charge is -2.23. The molecule has 0 unspecified atom stereocenters. The zero-order valence-corrected chi connectivity index (χ0v) is 17.3. The first-order chi connectivity index (χ1) is 11.7. The van der Waals surface area contributed by atoms with Gasteiger partial charge in [0, 0.05) is 12.8 Å². The van der Waals surface area contributed by atoms with Crippen LogP contribution in [0.25, 0.3) is 0 Å². The average Bonchev–Trinajstić information content (AvgIpc) is 2.50. The molecule has 0 aliphatic carbocycles. The van der Waals surface area contributed by atoms with Crippen molar-refractivity contribution >= 4 is 14.3 Å². The van der Waals surface area contributed by atoms with Gasteiger partial charge in [0.15, 0.2) is 0 Å². The zero-order valence-electron chi connectivity index (χ0n) is 16.3. The van der Waals surface area contributed by atoms with E-state index < -0.39 is 20.9 Å². The Balaban J connectivity index is 3.54. The predicted molar refractivity (Wildman–Crippen MR) is 100 cm³/mol. The van der Waals surface area contributed by atoms with Crippen molar-refractivity contribution in [2.45, 2.75) is 116 Å². The van der Waals surface area contributed by atoms with Crippen LogP contribution < -0.4 is 0 Å². The summed E-state index contributed by atoms with van der Waals surface area (Å²) in [6.45, 7) is 5.58. The van der Waals surface area contributed by atoms with Gasteiger partial charge in [-0.1, -0.05) is 71.1 Å². The highest BCUT2D eigenvalue weighted by Crippen LogP contribution is 2.27. The molecule has 2 nitrogen and oxygen atoms in total. The molecule has 0 N–H and O–H groups in total. The van der Waals surface area contributed by atoms with Gasteiger partial charge in [-0.3, -0.25) is 4.79 Å². The summed E-state index contributed by atoms with van der Waals surface area (Å²) < 4.78 is 42.1. The Hall–Kier alpha value is -0.523. The van der Waals surface area contributed by atoms with Gasteiger partial charge in [-0.25, -0.2) is 0 Å². The third kappa shape index (κ3) is 18.1. The number of hydrogen-bond acceptors (Lipinski definition) is 2. The maximum atomic E-state index is 12.3. The van der Waals surface area contributed by atoms with Crippen LogP contribution in [0, 0.1) is 0 Å². The van der Waals surface area contributed by atoms with Crippen LogP contribution in [0.15, 0.2) is 0 Å². The summed E-state index contributed by atoms with van der Waals surface area (Å²) in [5.41, 5.74) is 0. The number of carbonyl (C=O) groups excluding carboxylic acids is 1. The van der Waals surface area contributed by atoms with Gasteiger partial charge in [-0.15, -0.1) is 0 Å². The lowest BCUT2D eigenvalue weighted by molar-refractivity contribution is -0.137. The quantitative estimate of drug-likeness (QED) is 0.218. The van der Waals surface area contributed by atoms with Gasteiger partial charge in [-0.05, 0) is 25.6 Å². The number of halogens is 3. The molecule has 0 aromatic heterocycles. The van der Waals surface area contributed by atoms with Gasteiger partial charge < -0.3 is 4.43 Å². The Morgan fingerprint density at radius 1 is 0.840 bits per heavy atom. The van der Waals surface area contributed by atoms with Crippen LogP contribution in [0.3, 0.4) is 0 Å². The molecule has 0 aliphatic heterocycles. The number of unbranched alkanes of at least 4 members (excludes halogenated alkanes) is 10. The molecule has 0 saturated heterocycles. The van der Waals surface area contributed by atoms with E-state index in [4.69, 9.17) is 4.43 Å². The van der Waals surface area contributed by atoms with Crippen molar-refractivity contribution in [3.63, 3.8) is 0 Å². The molecule has 0 fully saturated rings. The van der Waals surface area contributed by atoms with Crippen LogP contribution in [-0.2, 0) is 9.22 Å². The Bertz CT molecular complexity index is 344. The van der Waals surface area contributed by atoms with E-state index in [2.05, 4.69) is 6.92 Å². The second-order valence-electron chi connectivity index (χ2n) is 7.63. The molecule has 0 radical (unpaired) electrons. The molecule has 0 saturated carbocycles. The molecule has 0 aliphatic rings. The summed E-state index contributed by atoms with van der Waals surface area (Å²) in [5.74, 6) is -0.324. The van der Waals surface area contributed by atoms with E-state index in [-0.39, 0.29) is 12.0 Å². The van der Waals surface area contributed by atoms with E-state index >= 15 is 0 Å². The van der Waals surface area contributed by atoms with Crippen molar-refractivity contribution in [1.82, 2.24) is 0 Å². The van der Waals surface area contributed by atoms with E-state index in [1.54, 1.807) is 13.1 Å². The monoisotopic (exact) mass is 382 g/mol. The minimum absolute atomic E-state index is 0.0551.